The molecule has 0 aliphatic carbocycles. The molecule has 6 heteroatoms. The van der Waals surface area contributed by atoms with Crippen molar-refractivity contribution in [3.05, 3.63) is 59.7 Å². The van der Waals surface area contributed by atoms with E-state index in [0.29, 0.717) is 37.9 Å². The van der Waals surface area contributed by atoms with Gasteiger partial charge in [0.2, 0.25) is 5.91 Å². The Kier molecular flexibility index (Phi) is 6.32. The fraction of sp³-hybridized carbons (Fsp3) is 0.381. The summed E-state index contributed by atoms with van der Waals surface area (Å²) in [6, 6.07) is 15.7. The highest BCUT2D eigenvalue weighted by molar-refractivity contribution is 5.78. The van der Waals surface area contributed by atoms with Gasteiger partial charge in [0.05, 0.1) is 26.9 Å². The van der Waals surface area contributed by atoms with E-state index in [2.05, 4.69) is 5.32 Å². The Morgan fingerprint density at radius 1 is 1.11 bits per heavy atom. The van der Waals surface area contributed by atoms with Crippen molar-refractivity contribution < 1.29 is 23.7 Å². The van der Waals surface area contributed by atoms with Crippen molar-refractivity contribution >= 4 is 5.91 Å². The van der Waals surface area contributed by atoms with Crippen molar-refractivity contribution in [2.24, 2.45) is 0 Å². The number of ether oxygens (including phenoxy) is 4. The van der Waals surface area contributed by atoms with Gasteiger partial charge in [-0.3, -0.25) is 4.79 Å². The summed E-state index contributed by atoms with van der Waals surface area (Å²) in [4.78, 5) is 11.4. The Balaban J connectivity index is 1.58. The highest BCUT2D eigenvalue weighted by atomic mass is 16.5. The van der Waals surface area contributed by atoms with E-state index in [-0.39, 0.29) is 12.5 Å². The monoisotopic (exact) mass is 371 g/mol. The van der Waals surface area contributed by atoms with E-state index in [1.54, 1.807) is 7.11 Å². The van der Waals surface area contributed by atoms with Gasteiger partial charge in [-0.1, -0.05) is 36.4 Å². The number of carbonyl (C=O) groups excluding carboxylic acids is 1. The number of methoxy groups -OCH3 is 1. The lowest BCUT2D eigenvalue weighted by Crippen LogP contribution is -2.48. The lowest BCUT2D eigenvalue weighted by Gasteiger charge is -2.34. The van der Waals surface area contributed by atoms with Crippen LogP contribution in [0.25, 0.3) is 0 Å². The van der Waals surface area contributed by atoms with Crippen LogP contribution in [0.4, 0.5) is 0 Å². The second-order valence-electron chi connectivity index (χ2n) is 6.55. The van der Waals surface area contributed by atoms with Gasteiger partial charge in [0.15, 0.2) is 11.5 Å². The van der Waals surface area contributed by atoms with Crippen LogP contribution in [-0.2, 0) is 26.5 Å². The number of hydrogen-bond donors (Lipinski definition) is 1. The zero-order valence-electron chi connectivity index (χ0n) is 15.7. The zero-order chi connectivity index (χ0) is 19.1. The van der Waals surface area contributed by atoms with Crippen molar-refractivity contribution in [1.29, 1.82) is 0 Å². The number of hydrogen-bond acceptors (Lipinski definition) is 5. The van der Waals surface area contributed by atoms with Crippen molar-refractivity contribution in [3.8, 4) is 11.5 Å². The normalized spacial score (nSPS) is 19.4. The summed E-state index contributed by atoms with van der Waals surface area (Å²) in [5, 5.41) is 2.84. The van der Waals surface area contributed by atoms with Crippen LogP contribution in [0.15, 0.2) is 48.5 Å². The lowest BCUT2D eigenvalue weighted by molar-refractivity contribution is -0.142. The number of benzene rings is 2. The van der Waals surface area contributed by atoms with Gasteiger partial charge in [-0.2, -0.15) is 0 Å². The molecule has 3 rings (SSSR count). The summed E-state index contributed by atoms with van der Waals surface area (Å²) < 4.78 is 22.7. The quantitative estimate of drug-likeness (QED) is 0.723. The Labute approximate surface area is 159 Å². The molecule has 0 aromatic heterocycles. The fourth-order valence-electron chi connectivity index (χ4n) is 2.87. The van der Waals surface area contributed by atoms with E-state index >= 15 is 0 Å². The van der Waals surface area contributed by atoms with Crippen LogP contribution >= 0.6 is 0 Å². The van der Waals surface area contributed by atoms with E-state index in [1.807, 2.05) is 55.5 Å². The molecule has 1 saturated heterocycles. The van der Waals surface area contributed by atoms with E-state index in [4.69, 9.17) is 18.9 Å². The highest BCUT2D eigenvalue weighted by Gasteiger charge is 2.33. The van der Waals surface area contributed by atoms with E-state index in [0.717, 1.165) is 11.1 Å². The summed E-state index contributed by atoms with van der Waals surface area (Å²) in [6.07, 6.45) is 0. The van der Waals surface area contributed by atoms with Crippen LogP contribution in [0, 0.1) is 0 Å². The first-order valence-electron chi connectivity index (χ1n) is 8.94. The van der Waals surface area contributed by atoms with Gasteiger partial charge in [0.25, 0.3) is 0 Å². The molecule has 1 heterocycles. The third-order valence-corrected chi connectivity index (χ3v) is 4.52. The summed E-state index contributed by atoms with van der Waals surface area (Å²) in [5.41, 5.74) is 1.45. The standard InChI is InChI=1S/C21H25NO5/c1-21(15-22-20(23)14-27-21)17-8-9-18(24-2)19(12-17)26-11-10-25-13-16-6-4-3-5-7-16/h3-9,12H,10-11,13-15H2,1-2H3,(H,22,23). The average molecular weight is 371 g/mol. The topological polar surface area (TPSA) is 66.0 Å². The van der Waals surface area contributed by atoms with Crippen LogP contribution < -0.4 is 14.8 Å². The Morgan fingerprint density at radius 3 is 2.63 bits per heavy atom. The van der Waals surface area contributed by atoms with Gasteiger partial charge in [0, 0.05) is 0 Å². The highest BCUT2D eigenvalue weighted by Crippen LogP contribution is 2.34. The molecule has 2 aromatic carbocycles. The van der Waals surface area contributed by atoms with Crippen LogP contribution in [0.3, 0.4) is 0 Å². The lowest BCUT2D eigenvalue weighted by atomic mass is 9.94. The van der Waals surface area contributed by atoms with Crippen molar-refractivity contribution in [3.63, 3.8) is 0 Å². The predicted molar refractivity (Wildman–Crippen MR) is 101 cm³/mol. The molecule has 1 fully saturated rings. The molecule has 1 N–H and O–H groups in total. The number of carbonyl (C=O) groups is 1. The number of amides is 1. The molecule has 2 aromatic rings. The van der Waals surface area contributed by atoms with Gasteiger partial charge in [-0.05, 0) is 30.2 Å². The summed E-state index contributed by atoms with van der Waals surface area (Å²) in [6.45, 7) is 3.82. The van der Waals surface area contributed by atoms with Gasteiger partial charge in [-0.15, -0.1) is 0 Å². The number of morpholine rings is 1. The number of nitrogens with one attached hydrogen (secondary N) is 1. The summed E-state index contributed by atoms with van der Waals surface area (Å²) >= 11 is 0. The van der Waals surface area contributed by atoms with Crippen molar-refractivity contribution in [2.75, 3.05) is 33.5 Å². The van der Waals surface area contributed by atoms with Gasteiger partial charge >= 0.3 is 0 Å². The minimum Gasteiger partial charge on any atom is -0.493 e. The van der Waals surface area contributed by atoms with Crippen LogP contribution in [0.1, 0.15) is 18.1 Å². The maximum atomic E-state index is 11.4. The SMILES string of the molecule is COc1ccc(C2(C)CNC(=O)CO2)cc1OCCOCc1ccccc1. The van der Waals surface area contributed by atoms with Gasteiger partial charge in [-0.25, -0.2) is 0 Å². The molecular weight excluding hydrogens is 346 g/mol. The molecule has 1 amide bonds. The largest absolute Gasteiger partial charge is 0.493 e. The van der Waals surface area contributed by atoms with Gasteiger partial charge < -0.3 is 24.3 Å². The molecule has 6 nitrogen and oxygen atoms in total. The van der Waals surface area contributed by atoms with E-state index < -0.39 is 5.60 Å². The minimum absolute atomic E-state index is 0.0477. The molecule has 1 atom stereocenters. The first-order chi connectivity index (χ1) is 13.1. The molecule has 0 spiro atoms. The molecule has 0 bridgehead atoms. The molecule has 144 valence electrons. The third kappa shape index (κ3) is 4.99. The average Bonchev–Trinajstić information content (AvgIpc) is 2.71. The maximum absolute atomic E-state index is 11.4. The molecule has 27 heavy (non-hydrogen) atoms. The second-order valence-corrected chi connectivity index (χ2v) is 6.55. The molecule has 1 unspecified atom stereocenters. The minimum atomic E-state index is -0.595. The smallest absolute Gasteiger partial charge is 0.246 e. The first kappa shape index (κ1) is 19.2. The molecular formula is C21H25NO5. The Hall–Kier alpha value is -2.57. The summed E-state index contributed by atoms with van der Waals surface area (Å²) in [5.74, 6) is 1.17. The Bertz CT molecular complexity index is 752. The maximum Gasteiger partial charge on any atom is 0.246 e. The first-order valence-corrected chi connectivity index (χ1v) is 8.94. The molecule has 0 radical (unpaired) electrons. The number of rotatable bonds is 8. The molecule has 1 aliphatic heterocycles. The zero-order valence-corrected chi connectivity index (χ0v) is 15.7. The van der Waals surface area contributed by atoms with Crippen molar-refractivity contribution in [1.82, 2.24) is 5.32 Å². The van der Waals surface area contributed by atoms with Gasteiger partial charge in [0.1, 0.15) is 18.8 Å². The van der Waals surface area contributed by atoms with Crippen LogP contribution in [-0.4, -0.2) is 39.4 Å². The summed E-state index contributed by atoms with van der Waals surface area (Å²) in [7, 11) is 1.60. The van der Waals surface area contributed by atoms with Crippen LogP contribution in [0.5, 0.6) is 11.5 Å². The molecule has 1 aliphatic rings. The fourth-order valence-corrected chi connectivity index (χ4v) is 2.87. The molecule has 0 saturated carbocycles. The van der Waals surface area contributed by atoms with Crippen molar-refractivity contribution in [2.45, 2.75) is 19.1 Å². The predicted octanol–water partition coefficient (Wildman–Crippen LogP) is 2.65. The second kappa shape index (κ2) is 8.88. The van der Waals surface area contributed by atoms with E-state index in [9.17, 15) is 4.79 Å². The van der Waals surface area contributed by atoms with Crippen LogP contribution in [0.2, 0.25) is 0 Å². The van der Waals surface area contributed by atoms with E-state index in [1.165, 1.54) is 0 Å². The third-order valence-electron chi connectivity index (χ3n) is 4.52. The Morgan fingerprint density at radius 2 is 1.93 bits per heavy atom.